The average molecular weight is 272 g/mol. The molecule has 0 spiro atoms. The van der Waals surface area contributed by atoms with Crippen LogP contribution in [0.25, 0.3) is 11.0 Å². The first-order chi connectivity index (χ1) is 8.96. The summed E-state index contributed by atoms with van der Waals surface area (Å²) in [5, 5.41) is 0. The van der Waals surface area contributed by atoms with E-state index in [9.17, 15) is 18.0 Å². The van der Waals surface area contributed by atoms with E-state index < -0.39 is 18.8 Å². The molecular formula is C12H11F3N2O2. The van der Waals surface area contributed by atoms with Gasteiger partial charge in [-0.15, -0.1) is 0 Å². The van der Waals surface area contributed by atoms with Crippen molar-refractivity contribution in [2.75, 3.05) is 6.61 Å². The molecule has 102 valence electrons. The molecule has 0 N–H and O–H groups in total. The fourth-order valence-electron chi connectivity index (χ4n) is 1.63. The smallest absolute Gasteiger partial charge is 0.422 e. The summed E-state index contributed by atoms with van der Waals surface area (Å²) in [5.41, 5.74) is 1.59. The number of rotatable bonds is 4. The van der Waals surface area contributed by atoms with Crippen LogP contribution >= 0.6 is 0 Å². The maximum Gasteiger partial charge on any atom is 0.422 e. The van der Waals surface area contributed by atoms with Gasteiger partial charge in [0, 0.05) is 6.54 Å². The lowest BCUT2D eigenvalue weighted by Gasteiger charge is -2.08. The van der Waals surface area contributed by atoms with E-state index in [4.69, 9.17) is 0 Å². The van der Waals surface area contributed by atoms with Gasteiger partial charge in [-0.1, -0.05) is 12.1 Å². The Bertz CT molecular complexity index is 578. The monoisotopic (exact) mass is 272 g/mol. The summed E-state index contributed by atoms with van der Waals surface area (Å²) in [7, 11) is 0. The average Bonchev–Trinajstić information content (AvgIpc) is 2.76. The fourth-order valence-corrected chi connectivity index (χ4v) is 1.63. The van der Waals surface area contributed by atoms with Gasteiger partial charge in [-0.2, -0.15) is 13.2 Å². The van der Waals surface area contributed by atoms with Crippen molar-refractivity contribution in [3.05, 3.63) is 30.6 Å². The van der Waals surface area contributed by atoms with E-state index in [1.165, 1.54) is 0 Å². The number of carbonyl (C=O) groups is 1. The predicted octanol–water partition coefficient (Wildman–Crippen LogP) is 2.53. The Kier molecular flexibility index (Phi) is 3.73. The lowest BCUT2D eigenvalue weighted by Crippen LogP contribution is -2.20. The van der Waals surface area contributed by atoms with Crippen molar-refractivity contribution >= 4 is 17.0 Å². The highest BCUT2D eigenvalue weighted by Crippen LogP contribution is 2.15. The van der Waals surface area contributed by atoms with Gasteiger partial charge in [0.25, 0.3) is 0 Å². The van der Waals surface area contributed by atoms with E-state index >= 15 is 0 Å². The number of ether oxygens (including phenoxy) is 1. The number of alkyl halides is 3. The molecule has 0 fully saturated rings. The first-order valence-electron chi connectivity index (χ1n) is 5.58. The van der Waals surface area contributed by atoms with Crippen molar-refractivity contribution in [2.24, 2.45) is 0 Å². The summed E-state index contributed by atoms with van der Waals surface area (Å²) in [4.78, 5) is 15.3. The molecule has 7 heteroatoms. The molecule has 0 aliphatic heterocycles. The van der Waals surface area contributed by atoms with Gasteiger partial charge < -0.3 is 9.30 Å². The zero-order valence-electron chi connectivity index (χ0n) is 9.85. The SMILES string of the molecule is O=C(CCn1cnc2ccccc21)OCC(F)(F)F. The summed E-state index contributed by atoms with van der Waals surface area (Å²) in [6.45, 7) is -1.31. The number of aromatic nitrogens is 2. The molecule has 4 nitrogen and oxygen atoms in total. The van der Waals surface area contributed by atoms with Crippen molar-refractivity contribution in [3.8, 4) is 0 Å². The maximum absolute atomic E-state index is 11.8. The van der Waals surface area contributed by atoms with Crippen molar-refractivity contribution in [3.63, 3.8) is 0 Å². The number of benzene rings is 1. The van der Waals surface area contributed by atoms with Gasteiger partial charge in [-0.3, -0.25) is 4.79 Å². The lowest BCUT2D eigenvalue weighted by molar-refractivity contribution is -0.186. The molecule has 0 saturated carbocycles. The Morgan fingerprint density at radius 3 is 2.79 bits per heavy atom. The van der Waals surface area contributed by atoms with Gasteiger partial charge in [-0.05, 0) is 12.1 Å². The molecule has 2 rings (SSSR count). The molecule has 0 saturated heterocycles. The molecule has 0 unspecified atom stereocenters. The molecule has 1 aromatic carbocycles. The third-order valence-corrected chi connectivity index (χ3v) is 2.48. The van der Waals surface area contributed by atoms with Crippen LogP contribution in [-0.2, 0) is 16.1 Å². The minimum atomic E-state index is -4.49. The number of hydrogen-bond donors (Lipinski definition) is 0. The van der Waals surface area contributed by atoms with Crippen LogP contribution in [0.15, 0.2) is 30.6 Å². The standard InChI is InChI=1S/C12H11F3N2O2/c13-12(14,15)7-19-11(18)5-6-17-8-16-9-3-1-2-4-10(9)17/h1-4,8H,5-7H2. The molecule has 1 aromatic heterocycles. The van der Waals surface area contributed by atoms with Gasteiger partial charge in [0.05, 0.1) is 23.8 Å². The Morgan fingerprint density at radius 1 is 1.32 bits per heavy atom. The van der Waals surface area contributed by atoms with Gasteiger partial charge in [0.15, 0.2) is 6.61 Å². The highest BCUT2D eigenvalue weighted by atomic mass is 19.4. The molecular weight excluding hydrogens is 261 g/mol. The number of hydrogen-bond acceptors (Lipinski definition) is 3. The van der Waals surface area contributed by atoms with E-state index in [1.807, 2.05) is 24.3 Å². The van der Waals surface area contributed by atoms with E-state index in [0.29, 0.717) is 0 Å². The second-order valence-electron chi connectivity index (χ2n) is 3.95. The first-order valence-corrected chi connectivity index (χ1v) is 5.58. The van der Waals surface area contributed by atoms with Crippen LogP contribution in [0.3, 0.4) is 0 Å². The number of halogens is 3. The minimum Gasteiger partial charge on any atom is -0.456 e. The second kappa shape index (κ2) is 5.29. The quantitative estimate of drug-likeness (QED) is 0.803. The number of aryl methyl sites for hydroxylation is 1. The molecule has 0 radical (unpaired) electrons. The Balaban J connectivity index is 1.90. The van der Waals surface area contributed by atoms with Crippen molar-refractivity contribution in [2.45, 2.75) is 19.1 Å². The van der Waals surface area contributed by atoms with Crippen LogP contribution in [0.1, 0.15) is 6.42 Å². The van der Waals surface area contributed by atoms with Crippen LogP contribution in [0.2, 0.25) is 0 Å². The molecule has 0 atom stereocenters. The minimum absolute atomic E-state index is 0.129. The van der Waals surface area contributed by atoms with E-state index in [2.05, 4.69) is 9.72 Å². The third kappa shape index (κ3) is 3.70. The predicted molar refractivity (Wildman–Crippen MR) is 61.4 cm³/mol. The highest BCUT2D eigenvalue weighted by Gasteiger charge is 2.29. The largest absolute Gasteiger partial charge is 0.456 e. The van der Waals surface area contributed by atoms with Crippen molar-refractivity contribution in [1.29, 1.82) is 0 Å². The van der Waals surface area contributed by atoms with Crippen LogP contribution in [-0.4, -0.2) is 28.3 Å². The number of carbonyl (C=O) groups excluding carboxylic acids is 1. The first kappa shape index (κ1) is 13.4. The van der Waals surface area contributed by atoms with Crippen LogP contribution in [0.5, 0.6) is 0 Å². The van der Waals surface area contributed by atoms with Gasteiger partial charge in [0.2, 0.25) is 0 Å². The van der Waals surface area contributed by atoms with Crippen LogP contribution in [0.4, 0.5) is 13.2 Å². The van der Waals surface area contributed by atoms with Crippen molar-refractivity contribution in [1.82, 2.24) is 9.55 Å². The number of para-hydroxylation sites is 2. The normalized spacial score (nSPS) is 11.7. The summed E-state index contributed by atoms with van der Waals surface area (Å²) in [5.74, 6) is -0.880. The van der Waals surface area contributed by atoms with E-state index in [1.54, 1.807) is 10.9 Å². The number of esters is 1. The Morgan fingerprint density at radius 2 is 2.05 bits per heavy atom. The van der Waals surface area contributed by atoms with Crippen LogP contribution < -0.4 is 0 Å². The van der Waals surface area contributed by atoms with Crippen LogP contribution in [0, 0.1) is 0 Å². The summed E-state index contributed by atoms with van der Waals surface area (Å²) in [6.07, 6.45) is -3.07. The summed E-state index contributed by atoms with van der Waals surface area (Å²) >= 11 is 0. The van der Waals surface area contributed by atoms with E-state index in [-0.39, 0.29) is 13.0 Å². The molecule has 1 heterocycles. The lowest BCUT2D eigenvalue weighted by atomic mass is 10.3. The van der Waals surface area contributed by atoms with Crippen molar-refractivity contribution < 1.29 is 22.7 Å². The Labute approximate surface area is 106 Å². The van der Waals surface area contributed by atoms with Gasteiger partial charge in [-0.25, -0.2) is 4.98 Å². The maximum atomic E-state index is 11.8. The van der Waals surface area contributed by atoms with E-state index in [0.717, 1.165) is 11.0 Å². The third-order valence-electron chi connectivity index (χ3n) is 2.48. The molecule has 2 aromatic rings. The number of imidazole rings is 1. The molecule has 0 amide bonds. The highest BCUT2D eigenvalue weighted by molar-refractivity contribution is 5.75. The molecule has 0 aliphatic carbocycles. The number of fused-ring (bicyclic) bond motifs is 1. The van der Waals surface area contributed by atoms with Gasteiger partial charge in [0.1, 0.15) is 0 Å². The summed E-state index contributed by atoms with van der Waals surface area (Å²) < 4.78 is 41.4. The number of nitrogens with zero attached hydrogens (tertiary/aromatic N) is 2. The molecule has 19 heavy (non-hydrogen) atoms. The zero-order chi connectivity index (χ0) is 13.9. The fraction of sp³-hybridized carbons (Fsp3) is 0.333. The zero-order valence-corrected chi connectivity index (χ0v) is 9.85. The summed E-state index contributed by atoms with van der Waals surface area (Å²) in [6, 6.07) is 7.29. The molecule has 0 aliphatic rings. The second-order valence-corrected chi connectivity index (χ2v) is 3.95. The molecule has 0 bridgehead atoms. The Hall–Kier alpha value is -2.05. The van der Waals surface area contributed by atoms with Gasteiger partial charge >= 0.3 is 12.1 Å². The topological polar surface area (TPSA) is 44.1 Å².